The second-order valence-electron chi connectivity index (χ2n) is 6.00. The Morgan fingerprint density at radius 3 is 2.79 bits per heavy atom. The topological polar surface area (TPSA) is 68.0 Å². The molecule has 0 spiro atoms. The molecule has 0 unspecified atom stereocenters. The molecule has 3 aromatic rings. The molecule has 6 heteroatoms. The summed E-state index contributed by atoms with van der Waals surface area (Å²) in [5, 5.41) is 7.07. The first-order valence-corrected chi connectivity index (χ1v) is 8.83. The molecule has 0 aliphatic heterocycles. The Hall–Kier alpha value is -2.47. The van der Waals surface area contributed by atoms with E-state index in [4.69, 9.17) is 4.52 Å². The molecule has 1 aliphatic carbocycles. The highest BCUT2D eigenvalue weighted by molar-refractivity contribution is 7.15. The number of hydrogen-bond acceptors (Lipinski definition) is 5. The average molecular weight is 339 g/mol. The maximum atomic E-state index is 12.2. The van der Waals surface area contributed by atoms with E-state index in [-0.39, 0.29) is 11.8 Å². The highest BCUT2D eigenvalue weighted by Gasteiger charge is 2.26. The van der Waals surface area contributed by atoms with E-state index in [1.165, 1.54) is 4.88 Å². The van der Waals surface area contributed by atoms with Crippen molar-refractivity contribution in [2.24, 2.45) is 5.92 Å². The van der Waals surface area contributed by atoms with Gasteiger partial charge >= 0.3 is 0 Å². The van der Waals surface area contributed by atoms with Gasteiger partial charge < -0.3 is 9.84 Å². The van der Waals surface area contributed by atoms with Crippen LogP contribution in [0.3, 0.4) is 0 Å². The van der Waals surface area contributed by atoms with Crippen LogP contribution in [-0.2, 0) is 4.79 Å². The first-order chi connectivity index (χ1) is 11.7. The summed E-state index contributed by atoms with van der Waals surface area (Å²) in [5.41, 5.74) is 1.46. The van der Waals surface area contributed by atoms with Crippen molar-refractivity contribution in [1.29, 1.82) is 0 Å². The van der Waals surface area contributed by atoms with E-state index in [9.17, 15) is 4.79 Å². The Labute approximate surface area is 143 Å². The Morgan fingerprint density at radius 2 is 2.08 bits per heavy atom. The lowest BCUT2D eigenvalue weighted by atomic mass is 9.85. The van der Waals surface area contributed by atoms with Crippen LogP contribution in [0.2, 0.25) is 0 Å². The van der Waals surface area contributed by atoms with Gasteiger partial charge in [0, 0.05) is 10.8 Å². The monoisotopic (exact) mass is 339 g/mol. The minimum absolute atomic E-state index is 0.0716. The van der Waals surface area contributed by atoms with Crippen LogP contribution in [0.4, 0.5) is 5.69 Å². The Balaban J connectivity index is 1.62. The number of rotatable bonds is 4. The predicted octanol–water partition coefficient (Wildman–Crippen LogP) is 4.51. The SMILES string of the molecule is Cc1ccc(-c2noc(-c3ccccc3NC(=O)C3CCC3)n2)s1. The van der Waals surface area contributed by atoms with Gasteiger partial charge in [0.25, 0.3) is 5.89 Å². The fourth-order valence-corrected chi connectivity index (χ4v) is 3.46. The van der Waals surface area contributed by atoms with Crippen LogP contribution < -0.4 is 5.32 Å². The number of nitrogens with one attached hydrogen (secondary N) is 1. The van der Waals surface area contributed by atoms with Crippen LogP contribution >= 0.6 is 11.3 Å². The number of para-hydroxylation sites is 1. The summed E-state index contributed by atoms with van der Waals surface area (Å²) < 4.78 is 5.43. The first-order valence-electron chi connectivity index (χ1n) is 8.01. The molecule has 1 fully saturated rings. The van der Waals surface area contributed by atoms with Gasteiger partial charge in [0.15, 0.2) is 0 Å². The van der Waals surface area contributed by atoms with E-state index in [1.807, 2.05) is 43.3 Å². The summed E-state index contributed by atoms with van der Waals surface area (Å²) in [4.78, 5) is 18.9. The molecule has 0 bridgehead atoms. The highest BCUT2D eigenvalue weighted by Crippen LogP contribution is 2.32. The number of benzene rings is 1. The van der Waals surface area contributed by atoms with Crippen LogP contribution in [0.1, 0.15) is 24.1 Å². The lowest BCUT2D eigenvalue weighted by Gasteiger charge is -2.24. The molecule has 1 saturated carbocycles. The second-order valence-corrected chi connectivity index (χ2v) is 7.28. The average Bonchev–Trinajstić information content (AvgIpc) is 3.14. The van der Waals surface area contributed by atoms with Gasteiger partial charge in [0.2, 0.25) is 11.7 Å². The van der Waals surface area contributed by atoms with E-state index in [1.54, 1.807) is 11.3 Å². The second kappa shape index (κ2) is 6.20. The van der Waals surface area contributed by atoms with Gasteiger partial charge in [0.1, 0.15) is 0 Å². The van der Waals surface area contributed by atoms with Gasteiger partial charge in [-0.2, -0.15) is 4.98 Å². The fourth-order valence-electron chi connectivity index (χ4n) is 2.67. The standard InChI is InChI=1S/C18H17N3O2S/c1-11-9-10-15(24-11)16-20-18(23-21-16)13-7-2-3-8-14(13)19-17(22)12-5-4-6-12/h2-3,7-10,12H,4-6H2,1H3,(H,19,22). The maximum absolute atomic E-state index is 12.2. The van der Waals surface area contributed by atoms with Crippen molar-refractivity contribution in [3.63, 3.8) is 0 Å². The molecular formula is C18H17N3O2S. The summed E-state index contributed by atoms with van der Waals surface area (Å²) in [6, 6.07) is 11.5. The number of amides is 1. The third-order valence-electron chi connectivity index (χ3n) is 4.28. The number of nitrogens with zero attached hydrogens (tertiary/aromatic N) is 2. The number of carbonyl (C=O) groups is 1. The van der Waals surface area contributed by atoms with Crippen LogP contribution in [0.25, 0.3) is 22.2 Å². The Morgan fingerprint density at radius 1 is 1.25 bits per heavy atom. The Bertz CT molecular complexity index is 880. The normalized spacial score (nSPS) is 14.4. The molecule has 0 saturated heterocycles. The van der Waals surface area contributed by atoms with Gasteiger partial charge in [-0.05, 0) is 44.0 Å². The Kier molecular flexibility index (Phi) is 3.90. The minimum atomic E-state index is 0.0716. The zero-order chi connectivity index (χ0) is 16.5. The number of anilines is 1. The third-order valence-corrected chi connectivity index (χ3v) is 5.27. The molecule has 1 N–H and O–H groups in total. The zero-order valence-corrected chi connectivity index (χ0v) is 14.1. The third kappa shape index (κ3) is 2.85. The summed E-state index contributed by atoms with van der Waals surface area (Å²) in [5.74, 6) is 1.19. The lowest BCUT2D eigenvalue weighted by Crippen LogP contribution is -2.28. The van der Waals surface area contributed by atoms with Crippen LogP contribution in [0, 0.1) is 12.8 Å². The molecule has 1 aromatic carbocycles. The van der Waals surface area contributed by atoms with Gasteiger partial charge in [-0.15, -0.1) is 11.3 Å². The van der Waals surface area contributed by atoms with Crippen molar-refractivity contribution in [1.82, 2.24) is 10.1 Å². The summed E-state index contributed by atoms with van der Waals surface area (Å²) in [7, 11) is 0. The molecule has 0 radical (unpaired) electrons. The molecule has 2 heterocycles. The van der Waals surface area contributed by atoms with Gasteiger partial charge in [-0.1, -0.05) is 23.7 Å². The van der Waals surface area contributed by atoms with Crippen LogP contribution in [-0.4, -0.2) is 16.0 Å². The molecule has 5 nitrogen and oxygen atoms in total. The van der Waals surface area contributed by atoms with Gasteiger partial charge in [0.05, 0.1) is 16.1 Å². The van der Waals surface area contributed by atoms with Crippen molar-refractivity contribution in [3.05, 3.63) is 41.3 Å². The summed E-state index contributed by atoms with van der Waals surface area (Å²) >= 11 is 1.62. The van der Waals surface area contributed by atoms with E-state index in [0.29, 0.717) is 17.4 Å². The molecular weight excluding hydrogens is 322 g/mol. The zero-order valence-electron chi connectivity index (χ0n) is 13.3. The van der Waals surface area contributed by atoms with Crippen LogP contribution in [0.15, 0.2) is 40.9 Å². The van der Waals surface area contributed by atoms with E-state index in [0.717, 1.165) is 29.7 Å². The quantitative estimate of drug-likeness (QED) is 0.759. The van der Waals surface area contributed by atoms with Crippen molar-refractivity contribution in [2.45, 2.75) is 26.2 Å². The fraction of sp³-hybridized carbons (Fsp3) is 0.278. The molecule has 0 atom stereocenters. The summed E-state index contributed by atoms with van der Waals surface area (Å²) in [6.45, 7) is 2.04. The lowest BCUT2D eigenvalue weighted by molar-refractivity contribution is -0.122. The number of aryl methyl sites for hydroxylation is 1. The first kappa shape index (κ1) is 15.1. The number of hydrogen-bond donors (Lipinski definition) is 1. The number of thiophene rings is 1. The van der Waals surface area contributed by atoms with Crippen molar-refractivity contribution >= 4 is 22.9 Å². The van der Waals surface area contributed by atoms with Gasteiger partial charge in [-0.3, -0.25) is 4.79 Å². The van der Waals surface area contributed by atoms with E-state index in [2.05, 4.69) is 15.5 Å². The van der Waals surface area contributed by atoms with Crippen LogP contribution in [0.5, 0.6) is 0 Å². The molecule has 2 aromatic heterocycles. The molecule has 4 rings (SSSR count). The molecule has 24 heavy (non-hydrogen) atoms. The highest BCUT2D eigenvalue weighted by atomic mass is 32.1. The minimum Gasteiger partial charge on any atom is -0.334 e. The van der Waals surface area contributed by atoms with E-state index < -0.39 is 0 Å². The number of aromatic nitrogens is 2. The van der Waals surface area contributed by atoms with Gasteiger partial charge in [-0.25, -0.2) is 0 Å². The van der Waals surface area contributed by atoms with Crippen molar-refractivity contribution < 1.29 is 9.32 Å². The smallest absolute Gasteiger partial charge is 0.260 e. The van der Waals surface area contributed by atoms with Crippen molar-refractivity contribution in [3.8, 4) is 22.2 Å². The van der Waals surface area contributed by atoms with E-state index >= 15 is 0 Å². The molecule has 122 valence electrons. The predicted molar refractivity (Wildman–Crippen MR) is 93.8 cm³/mol. The summed E-state index contributed by atoms with van der Waals surface area (Å²) in [6.07, 6.45) is 3.07. The van der Waals surface area contributed by atoms with Crippen molar-refractivity contribution in [2.75, 3.05) is 5.32 Å². The largest absolute Gasteiger partial charge is 0.334 e. The molecule has 1 amide bonds. The maximum Gasteiger partial charge on any atom is 0.260 e. The molecule has 1 aliphatic rings. The number of carbonyl (C=O) groups excluding carboxylic acids is 1.